The summed E-state index contributed by atoms with van der Waals surface area (Å²) in [6.45, 7) is 3.78. The van der Waals surface area contributed by atoms with Gasteiger partial charge >= 0.3 is 0 Å². The highest BCUT2D eigenvalue weighted by molar-refractivity contribution is 7.89. The van der Waals surface area contributed by atoms with Gasteiger partial charge in [0, 0.05) is 31.0 Å². The molecule has 1 saturated carbocycles. The number of rotatable bonds is 7. The Labute approximate surface area is 186 Å². The topological polar surface area (TPSA) is 40.6 Å². The zero-order valence-corrected chi connectivity index (χ0v) is 18.9. The molecule has 0 N–H and O–H groups in total. The van der Waals surface area contributed by atoms with Crippen molar-refractivity contribution in [3.05, 3.63) is 70.8 Å². The Balaban J connectivity index is 1.21. The van der Waals surface area contributed by atoms with Gasteiger partial charge in [-0.2, -0.15) is 0 Å². The predicted molar refractivity (Wildman–Crippen MR) is 124 cm³/mol. The van der Waals surface area contributed by atoms with Gasteiger partial charge in [-0.05, 0) is 73.4 Å². The second-order valence-corrected chi connectivity index (χ2v) is 12.2. The van der Waals surface area contributed by atoms with Gasteiger partial charge < -0.3 is 0 Å². The highest BCUT2D eigenvalue weighted by Gasteiger charge is 2.41. The molecule has 0 amide bonds. The summed E-state index contributed by atoms with van der Waals surface area (Å²) in [6, 6.07) is 18.5. The molecule has 2 unspecified atom stereocenters. The standard InChI is InChI=1S/C26H32N2O2S/c29-31(30,18-20-7-8-20)28-16-23(17-28)21-9-10-22-15-26(27-11-4-12-27)25(24(22)14-21)13-19-5-2-1-3-6-19/h1-3,5-6,9-10,14,20,23,25-26H,4,7-8,11-13,15-18H2. The van der Waals surface area contributed by atoms with Crippen molar-refractivity contribution < 1.29 is 8.42 Å². The molecule has 0 radical (unpaired) electrons. The van der Waals surface area contributed by atoms with Gasteiger partial charge in [0.15, 0.2) is 0 Å². The van der Waals surface area contributed by atoms with Crippen molar-refractivity contribution in [2.24, 2.45) is 5.92 Å². The smallest absolute Gasteiger partial charge is 0.214 e. The van der Waals surface area contributed by atoms with E-state index < -0.39 is 10.0 Å². The van der Waals surface area contributed by atoms with Gasteiger partial charge in [-0.15, -0.1) is 0 Å². The van der Waals surface area contributed by atoms with E-state index in [1.54, 1.807) is 4.31 Å². The third kappa shape index (κ3) is 3.85. The lowest BCUT2D eigenvalue weighted by Gasteiger charge is -2.40. The summed E-state index contributed by atoms with van der Waals surface area (Å²) in [5.41, 5.74) is 5.76. The number of benzene rings is 2. The molecule has 2 aliphatic heterocycles. The molecule has 6 rings (SSSR count). The van der Waals surface area contributed by atoms with Crippen LogP contribution < -0.4 is 0 Å². The average Bonchev–Trinajstić information content (AvgIpc) is 3.41. The summed E-state index contributed by atoms with van der Waals surface area (Å²) >= 11 is 0. The Morgan fingerprint density at radius 2 is 1.74 bits per heavy atom. The van der Waals surface area contributed by atoms with E-state index >= 15 is 0 Å². The van der Waals surface area contributed by atoms with Gasteiger partial charge in [0.2, 0.25) is 10.0 Å². The maximum atomic E-state index is 12.6. The molecule has 31 heavy (non-hydrogen) atoms. The van der Waals surface area contributed by atoms with Gasteiger partial charge in [0.05, 0.1) is 5.75 Å². The fraction of sp³-hybridized carbons (Fsp3) is 0.538. The Morgan fingerprint density at radius 1 is 0.968 bits per heavy atom. The van der Waals surface area contributed by atoms with Crippen LogP contribution in [0.5, 0.6) is 0 Å². The van der Waals surface area contributed by atoms with E-state index in [4.69, 9.17) is 0 Å². The van der Waals surface area contributed by atoms with Gasteiger partial charge in [-0.1, -0.05) is 48.5 Å². The van der Waals surface area contributed by atoms with Crippen LogP contribution in [-0.4, -0.2) is 55.6 Å². The molecular weight excluding hydrogens is 404 g/mol. The SMILES string of the molecule is O=S(=O)(CC1CC1)N1CC(c2ccc3c(c2)C(Cc2ccccc2)C(N2CCC2)C3)C1. The molecule has 4 nitrogen and oxygen atoms in total. The van der Waals surface area contributed by atoms with Crippen molar-refractivity contribution >= 4 is 10.0 Å². The van der Waals surface area contributed by atoms with E-state index in [9.17, 15) is 8.42 Å². The monoisotopic (exact) mass is 436 g/mol. The fourth-order valence-electron chi connectivity index (χ4n) is 5.71. The third-order valence-electron chi connectivity index (χ3n) is 7.98. The highest BCUT2D eigenvalue weighted by Crippen LogP contribution is 2.42. The fourth-order valence-corrected chi connectivity index (χ4v) is 7.66. The van der Waals surface area contributed by atoms with Crippen molar-refractivity contribution in [1.29, 1.82) is 0 Å². The largest absolute Gasteiger partial charge is 0.299 e. The zero-order valence-electron chi connectivity index (χ0n) is 18.1. The Hall–Kier alpha value is -1.69. The van der Waals surface area contributed by atoms with Crippen LogP contribution in [0, 0.1) is 5.92 Å². The first-order valence-corrected chi connectivity index (χ1v) is 13.6. The van der Waals surface area contributed by atoms with Crippen molar-refractivity contribution in [3.8, 4) is 0 Å². The van der Waals surface area contributed by atoms with Crippen molar-refractivity contribution in [3.63, 3.8) is 0 Å². The molecule has 164 valence electrons. The number of sulfonamides is 1. The Morgan fingerprint density at radius 3 is 2.42 bits per heavy atom. The number of fused-ring (bicyclic) bond motifs is 1. The third-order valence-corrected chi connectivity index (χ3v) is 9.95. The number of hydrogen-bond donors (Lipinski definition) is 0. The summed E-state index contributed by atoms with van der Waals surface area (Å²) < 4.78 is 26.8. The number of hydrogen-bond acceptors (Lipinski definition) is 3. The highest BCUT2D eigenvalue weighted by atomic mass is 32.2. The van der Waals surface area contributed by atoms with Gasteiger partial charge in [0.25, 0.3) is 0 Å². The van der Waals surface area contributed by atoms with Gasteiger partial charge in [0.1, 0.15) is 0 Å². The van der Waals surface area contributed by atoms with E-state index in [1.165, 1.54) is 41.8 Å². The minimum absolute atomic E-state index is 0.347. The molecule has 0 aromatic heterocycles. The first kappa shape index (κ1) is 20.0. The molecule has 2 heterocycles. The van der Waals surface area contributed by atoms with Crippen LogP contribution in [0.4, 0.5) is 0 Å². The molecule has 2 aromatic rings. The van der Waals surface area contributed by atoms with E-state index in [0.717, 1.165) is 25.7 Å². The normalized spacial score (nSPS) is 27.0. The quantitative estimate of drug-likeness (QED) is 0.663. The number of nitrogens with zero attached hydrogens (tertiary/aromatic N) is 2. The Bertz CT molecular complexity index is 1050. The van der Waals surface area contributed by atoms with Crippen molar-refractivity contribution in [1.82, 2.24) is 9.21 Å². The molecular formula is C26H32N2O2S. The molecule has 2 aromatic carbocycles. The molecule has 5 heteroatoms. The molecule has 3 fully saturated rings. The lowest BCUT2D eigenvalue weighted by molar-refractivity contribution is 0.106. The van der Waals surface area contributed by atoms with Crippen molar-refractivity contribution in [2.45, 2.75) is 50.0 Å². The maximum Gasteiger partial charge on any atom is 0.214 e. The summed E-state index contributed by atoms with van der Waals surface area (Å²) in [6.07, 6.45) is 5.73. The summed E-state index contributed by atoms with van der Waals surface area (Å²) in [4.78, 5) is 2.67. The van der Waals surface area contributed by atoms with Crippen molar-refractivity contribution in [2.75, 3.05) is 31.9 Å². The molecule has 2 saturated heterocycles. The van der Waals surface area contributed by atoms with Crippen LogP contribution in [0.25, 0.3) is 0 Å². The van der Waals surface area contributed by atoms with Crippen LogP contribution >= 0.6 is 0 Å². The van der Waals surface area contributed by atoms with Crippen LogP contribution in [0.15, 0.2) is 48.5 Å². The molecule has 0 spiro atoms. The molecule has 2 aliphatic carbocycles. The van der Waals surface area contributed by atoms with Crippen LogP contribution in [-0.2, 0) is 22.9 Å². The maximum absolute atomic E-state index is 12.6. The van der Waals surface area contributed by atoms with Crippen LogP contribution in [0.2, 0.25) is 0 Å². The summed E-state index contributed by atoms with van der Waals surface area (Å²) in [7, 11) is -3.05. The molecule has 2 atom stereocenters. The number of likely N-dealkylation sites (tertiary alicyclic amines) is 1. The first-order chi connectivity index (χ1) is 15.1. The Kier molecular flexibility index (Phi) is 4.97. The van der Waals surface area contributed by atoms with E-state index in [2.05, 4.69) is 53.4 Å². The lowest BCUT2D eigenvalue weighted by atomic mass is 9.86. The minimum atomic E-state index is -3.05. The second-order valence-electron chi connectivity index (χ2n) is 10.2. The van der Waals surface area contributed by atoms with E-state index in [0.29, 0.717) is 42.6 Å². The summed E-state index contributed by atoms with van der Waals surface area (Å²) in [5.74, 6) is 1.66. The predicted octanol–water partition coefficient (Wildman–Crippen LogP) is 3.78. The summed E-state index contributed by atoms with van der Waals surface area (Å²) in [5, 5.41) is 0. The lowest BCUT2D eigenvalue weighted by Crippen LogP contribution is -2.49. The van der Waals surface area contributed by atoms with Crippen LogP contribution in [0.3, 0.4) is 0 Å². The first-order valence-electron chi connectivity index (χ1n) is 12.0. The molecule has 0 bridgehead atoms. The second kappa shape index (κ2) is 7.72. The van der Waals surface area contributed by atoms with E-state index in [1.807, 2.05) is 0 Å². The minimum Gasteiger partial charge on any atom is -0.299 e. The molecule has 4 aliphatic rings. The van der Waals surface area contributed by atoms with Gasteiger partial charge in [-0.25, -0.2) is 12.7 Å². The van der Waals surface area contributed by atoms with Gasteiger partial charge in [-0.3, -0.25) is 4.90 Å². The van der Waals surface area contributed by atoms with E-state index in [-0.39, 0.29) is 0 Å². The zero-order chi connectivity index (χ0) is 21.0. The average molecular weight is 437 g/mol. The van der Waals surface area contributed by atoms with Crippen LogP contribution in [0.1, 0.15) is 53.4 Å².